The highest BCUT2D eigenvalue weighted by Gasteiger charge is 2.25. The molecule has 0 fully saturated rings. The summed E-state index contributed by atoms with van der Waals surface area (Å²) in [5.74, 6) is 4.00. The number of nitrogens with zero attached hydrogens (tertiary/aromatic N) is 4. The number of aromatic nitrogens is 4. The molecule has 39 heavy (non-hydrogen) atoms. The molecule has 1 N–H and O–H groups in total. The summed E-state index contributed by atoms with van der Waals surface area (Å²) >= 11 is 1.68. The van der Waals surface area contributed by atoms with E-state index in [-0.39, 0.29) is 17.1 Å². The van der Waals surface area contributed by atoms with Crippen LogP contribution in [0.15, 0.2) is 63.9 Å². The highest BCUT2D eigenvalue weighted by atomic mass is 32.2. The van der Waals surface area contributed by atoms with Crippen LogP contribution in [0.2, 0.25) is 0 Å². The molecule has 0 bridgehead atoms. The molecule has 3 heterocycles. The Morgan fingerprint density at radius 3 is 2.59 bits per heavy atom. The van der Waals surface area contributed by atoms with Gasteiger partial charge >= 0.3 is 5.69 Å². The first kappa shape index (κ1) is 27.0. The molecule has 0 aliphatic carbocycles. The number of imidazole rings is 2. The molecular weight excluding hydrogens is 530 g/mol. The lowest BCUT2D eigenvalue weighted by Gasteiger charge is -2.18. The second-order valence-corrected chi connectivity index (χ2v) is 12.9. The molecule has 5 aromatic rings. The molecule has 10 heteroatoms. The van der Waals surface area contributed by atoms with Crippen molar-refractivity contribution in [2.75, 3.05) is 0 Å². The molecular formula is C29H33N5O3S2. The average Bonchev–Trinajstić information content (AvgIpc) is 3.54. The van der Waals surface area contributed by atoms with Crippen molar-refractivity contribution in [2.24, 2.45) is 7.05 Å². The van der Waals surface area contributed by atoms with Gasteiger partial charge in [0.15, 0.2) is 5.03 Å². The molecule has 204 valence electrons. The number of benzene rings is 2. The van der Waals surface area contributed by atoms with Crippen molar-refractivity contribution in [1.82, 2.24) is 23.4 Å². The Bertz CT molecular complexity index is 1840. The molecule has 8 nitrogen and oxygen atoms in total. The number of nitrogens with one attached hydrogen (secondary N) is 1. The van der Waals surface area contributed by atoms with E-state index in [4.69, 9.17) is 0 Å². The highest BCUT2D eigenvalue weighted by Crippen LogP contribution is 2.30. The predicted octanol–water partition coefficient (Wildman–Crippen LogP) is 4.95. The van der Waals surface area contributed by atoms with E-state index < -0.39 is 21.7 Å². The van der Waals surface area contributed by atoms with Crippen LogP contribution in [0.5, 0.6) is 0 Å². The zero-order valence-electron chi connectivity index (χ0n) is 22.6. The van der Waals surface area contributed by atoms with Crippen LogP contribution in [0.3, 0.4) is 0 Å². The van der Waals surface area contributed by atoms with Crippen LogP contribution in [0, 0.1) is 13.8 Å². The Kier molecular flexibility index (Phi) is 7.26. The number of amides is 1. The van der Waals surface area contributed by atoms with Gasteiger partial charge in [-0.3, -0.25) is 18.7 Å². The number of aryl methyl sites for hydroxylation is 3. The summed E-state index contributed by atoms with van der Waals surface area (Å²) in [6.07, 6.45) is 3.00. The monoisotopic (exact) mass is 563 g/mol. The van der Waals surface area contributed by atoms with Gasteiger partial charge in [-0.25, -0.2) is 14.0 Å². The van der Waals surface area contributed by atoms with Crippen LogP contribution in [0.4, 0.5) is 0 Å². The third-order valence-electron chi connectivity index (χ3n) is 7.19. The van der Waals surface area contributed by atoms with E-state index in [9.17, 15) is 13.8 Å². The zero-order valence-corrected chi connectivity index (χ0v) is 24.3. The summed E-state index contributed by atoms with van der Waals surface area (Å²) in [5, 5.41) is 3.54. The van der Waals surface area contributed by atoms with Gasteiger partial charge in [-0.2, -0.15) is 0 Å². The number of para-hydroxylation sites is 2. The van der Waals surface area contributed by atoms with Crippen molar-refractivity contribution in [1.29, 1.82) is 0 Å². The molecule has 3 aromatic heterocycles. The van der Waals surface area contributed by atoms with Gasteiger partial charge in [0.25, 0.3) is 0 Å². The summed E-state index contributed by atoms with van der Waals surface area (Å²) in [7, 11) is -1.34. The quantitative estimate of drug-likeness (QED) is 0.257. The number of fused-ring (bicyclic) bond motifs is 2. The molecule has 2 unspecified atom stereocenters. The minimum Gasteiger partial charge on any atom is -0.337 e. The van der Waals surface area contributed by atoms with E-state index in [1.54, 1.807) is 45.2 Å². The average molecular weight is 564 g/mol. The molecule has 0 saturated heterocycles. The van der Waals surface area contributed by atoms with Crippen molar-refractivity contribution >= 4 is 53.9 Å². The third-order valence-corrected chi connectivity index (χ3v) is 9.62. The first-order valence-electron chi connectivity index (χ1n) is 12.9. The summed E-state index contributed by atoms with van der Waals surface area (Å²) in [6.45, 7) is 6.35. The standard InChI is InChI=1S/C29H33N5O3S2/c1-6-10-22(15-26(35)31-39(5,37)27-17-32(4)20(3)30-27)34-24-13-8-7-12-23(24)33(29(34)36)16-21-18-38-25-14-9-11-19(2)28(21)25/h7-9,11-14,17-18,22H,5-6,10,15-16H2,1-4H3,(H,31,35,37). The van der Waals surface area contributed by atoms with Crippen molar-refractivity contribution in [3.8, 4) is 0 Å². The number of rotatable bonds is 9. The van der Waals surface area contributed by atoms with Crippen LogP contribution >= 0.6 is 11.3 Å². The van der Waals surface area contributed by atoms with Gasteiger partial charge in [-0.15, -0.1) is 11.3 Å². The maximum Gasteiger partial charge on any atom is 0.329 e. The lowest BCUT2D eigenvalue weighted by atomic mass is 10.1. The fourth-order valence-electron chi connectivity index (χ4n) is 5.20. The Hall–Kier alpha value is -3.63. The zero-order chi connectivity index (χ0) is 27.9. The van der Waals surface area contributed by atoms with Gasteiger partial charge in [0.1, 0.15) is 5.82 Å². The van der Waals surface area contributed by atoms with Crippen LogP contribution in [-0.2, 0) is 28.1 Å². The highest BCUT2D eigenvalue weighted by molar-refractivity contribution is 7.99. The molecule has 0 aliphatic rings. The van der Waals surface area contributed by atoms with Crippen LogP contribution in [0.25, 0.3) is 21.1 Å². The third kappa shape index (κ3) is 5.06. The molecule has 2 aromatic carbocycles. The number of hydrogen-bond donors (Lipinski definition) is 1. The van der Waals surface area contributed by atoms with Gasteiger partial charge in [0.2, 0.25) is 5.91 Å². The second-order valence-electron chi connectivity index (χ2n) is 10.0. The molecule has 0 radical (unpaired) electrons. The fraction of sp³-hybridized carbons (Fsp3) is 0.310. The van der Waals surface area contributed by atoms with Crippen LogP contribution in [-0.4, -0.2) is 34.7 Å². The number of thiophene rings is 1. The van der Waals surface area contributed by atoms with Gasteiger partial charge in [-0.05, 0) is 60.8 Å². The van der Waals surface area contributed by atoms with Crippen LogP contribution in [0.1, 0.15) is 49.2 Å². The summed E-state index contributed by atoms with van der Waals surface area (Å²) in [6, 6.07) is 13.5. The van der Waals surface area contributed by atoms with Gasteiger partial charge < -0.3 is 4.57 Å². The van der Waals surface area contributed by atoms with E-state index in [1.165, 1.54) is 15.6 Å². The number of carbonyl (C=O) groups is 1. The van der Waals surface area contributed by atoms with Crippen molar-refractivity contribution < 1.29 is 9.00 Å². The van der Waals surface area contributed by atoms with Crippen LogP contribution < -0.4 is 10.4 Å². The predicted molar refractivity (Wildman–Crippen MR) is 160 cm³/mol. The van der Waals surface area contributed by atoms with E-state index >= 15 is 0 Å². The first-order valence-corrected chi connectivity index (χ1v) is 15.5. The maximum atomic E-state index is 14.0. The Balaban J connectivity index is 1.50. The summed E-state index contributed by atoms with van der Waals surface area (Å²) in [4.78, 5) is 31.5. The molecule has 0 spiro atoms. The maximum absolute atomic E-state index is 14.0. The largest absolute Gasteiger partial charge is 0.337 e. The van der Waals surface area contributed by atoms with E-state index in [1.807, 2.05) is 31.2 Å². The van der Waals surface area contributed by atoms with Crippen molar-refractivity contribution in [3.05, 3.63) is 81.5 Å². The van der Waals surface area contributed by atoms with E-state index in [0.717, 1.165) is 23.0 Å². The summed E-state index contributed by atoms with van der Waals surface area (Å²) < 4.78 is 22.3. The number of hydrogen-bond acceptors (Lipinski definition) is 5. The minimum absolute atomic E-state index is 0.000565. The first-order chi connectivity index (χ1) is 18.6. The fourth-order valence-corrected chi connectivity index (χ4v) is 7.39. The van der Waals surface area contributed by atoms with Gasteiger partial charge in [-0.1, -0.05) is 37.6 Å². The van der Waals surface area contributed by atoms with E-state index in [2.05, 4.69) is 46.1 Å². The normalized spacial score (nSPS) is 14.1. The Labute approximate surface area is 232 Å². The molecule has 2 atom stereocenters. The lowest BCUT2D eigenvalue weighted by Crippen LogP contribution is -2.35. The number of carbonyl (C=O) groups excluding carboxylic acids is 1. The van der Waals surface area contributed by atoms with Crippen molar-refractivity contribution in [3.63, 3.8) is 0 Å². The topological polar surface area (TPSA) is 90.9 Å². The Morgan fingerprint density at radius 2 is 1.90 bits per heavy atom. The minimum atomic E-state index is -3.13. The SMILES string of the molecule is C=S(=O)(NC(=O)CC(CCC)n1c(=O)n(Cc2csc3cccc(C)c23)c2ccccc21)c1cn(C)c(C)n1. The molecule has 1 amide bonds. The van der Waals surface area contributed by atoms with Gasteiger partial charge in [0.05, 0.1) is 27.3 Å². The second kappa shape index (κ2) is 10.5. The molecule has 0 aliphatic heterocycles. The lowest BCUT2D eigenvalue weighted by molar-refractivity contribution is -0.120. The van der Waals surface area contributed by atoms with E-state index in [0.29, 0.717) is 18.8 Å². The molecule has 5 rings (SSSR count). The van der Waals surface area contributed by atoms with Crippen molar-refractivity contribution in [2.45, 2.75) is 57.6 Å². The molecule has 0 saturated carbocycles. The van der Waals surface area contributed by atoms with Gasteiger partial charge in [0, 0.05) is 35.8 Å². The smallest absolute Gasteiger partial charge is 0.329 e. The Morgan fingerprint density at radius 1 is 1.15 bits per heavy atom. The summed E-state index contributed by atoms with van der Waals surface area (Å²) in [5.41, 5.74) is 3.72.